The van der Waals surface area contributed by atoms with E-state index in [4.69, 9.17) is 0 Å². The quantitative estimate of drug-likeness (QED) is 0.889. The van der Waals surface area contributed by atoms with Crippen LogP contribution in [0.3, 0.4) is 0 Å². The smallest absolute Gasteiger partial charge is 0.181 e. The zero-order valence-electron chi connectivity index (χ0n) is 12.6. The summed E-state index contributed by atoms with van der Waals surface area (Å²) < 4.78 is 0. The first kappa shape index (κ1) is 15.7. The van der Waals surface area contributed by atoms with Gasteiger partial charge in [0.05, 0.1) is 0 Å². The highest BCUT2D eigenvalue weighted by atomic mass is 15.2. The number of hydrogen-bond donors (Lipinski definition) is 1. The van der Waals surface area contributed by atoms with Crippen LogP contribution in [0.5, 0.6) is 0 Å². The lowest BCUT2D eigenvalue weighted by molar-refractivity contribution is 1.04. The van der Waals surface area contributed by atoms with E-state index in [2.05, 4.69) is 21.8 Å². The van der Waals surface area contributed by atoms with Gasteiger partial charge in [-0.2, -0.15) is 5.10 Å². The number of benzene rings is 1. The first-order chi connectivity index (χ1) is 9.74. The normalized spacial score (nSPS) is 10.0. The van der Waals surface area contributed by atoms with E-state index in [9.17, 15) is 0 Å². The van der Waals surface area contributed by atoms with Gasteiger partial charge in [-0.15, -0.1) is 0 Å². The van der Waals surface area contributed by atoms with Crippen LogP contribution in [0.4, 0.5) is 5.69 Å². The third-order valence-corrected chi connectivity index (χ3v) is 2.53. The fraction of sp³-hybridized carbons (Fsp3) is 0.250. The molecule has 0 bridgehead atoms. The minimum absolute atomic E-state index is 0. The maximum Gasteiger partial charge on any atom is 0.181 e. The van der Waals surface area contributed by atoms with E-state index in [1.54, 1.807) is 6.20 Å². The van der Waals surface area contributed by atoms with Gasteiger partial charge in [-0.3, -0.25) is 5.10 Å². The van der Waals surface area contributed by atoms with Crippen LogP contribution in [-0.2, 0) is 0 Å². The molecule has 0 aliphatic heterocycles. The number of anilines is 1. The van der Waals surface area contributed by atoms with Crippen molar-refractivity contribution in [3.8, 4) is 11.4 Å². The van der Waals surface area contributed by atoms with Crippen LogP contribution in [0.25, 0.3) is 11.4 Å². The molecule has 20 heavy (non-hydrogen) atoms. The van der Waals surface area contributed by atoms with E-state index in [0.29, 0.717) is 0 Å². The van der Waals surface area contributed by atoms with Crippen molar-refractivity contribution < 1.29 is 1.43 Å². The van der Waals surface area contributed by atoms with E-state index in [0.717, 1.165) is 22.9 Å². The molecule has 0 radical (unpaired) electrons. The van der Waals surface area contributed by atoms with Crippen molar-refractivity contribution in [3.63, 3.8) is 0 Å². The van der Waals surface area contributed by atoms with Crippen molar-refractivity contribution >= 4 is 5.69 Å². The maximum absolute atomic E-state index is 4.30. The van der Waals surface area contributed by atoms with Crippen LogP contribution >= 0.6 is 0 Å². The average molecular weight is 272 g/mol. The number of rotatable bonds is 4. The summed E-state index contributed by atoms with van der Waals surface area (Å²) >= 11 is 0. The van der Waals surface area contributed by atoms with Crippen LogP contribution in [0, 0.1) is 6.92 Å². The van der Waals surface area contributed by atoms with E-state index >= 15 is 0 Å². The molecule has 0 saturated heterocycles. The maximum atomic E-state index is 4.30. The van der Waals surface area contributed by atoms with E-state index in [1.807, 2.05) is 69.1 Å². The molecule has 0 amide bonds. The van der Waals surface area contributed by atoms with Crippen LogP contribution < -0.4 is 4.90 Å². The van der Waals surface area contributed by atoms with Gasteiger partial charge in [0.15, 0.2) is 5.82 Å². The van der Waals surface area contributed by atoms with Gasteiger partial charge in [-0.05, 0) is 38.1 Å². The number of H-pyrrole nitrogens is 1. The van der Waals surface area contributed by atoms with Crippen molar-refractivity contribution in [1.82, 2.24) is 15.2 Å². The SMILES string of the molecule is C=CN(/C=C\C)c1ccc(-c2n[nH]c(C)n2)cc1.CC.[HH]. The highest BCUT2D eigenvalue weighted by molar-refractivity contribution is 5.61. The van der Waals surface area contributed by atoms with Gasteiger partial charge in [-0.25, -0.2) is 4.98 Å². The fourth-order valence-corrected chi connectivity index (χ4v) is 1.67. The van der Waals surface area contributed by atoms with Gasteiger partial charge >= 0.3 is 0 Å². The third kappa shape index (κ3) is 3.82. The molecule has 1 heterocycles. The number of hydrogen-bond acceptors (Lipinski definition) is 3. The number of aromatic amines is 1. The van der Waals surface area contributed by atoms with Gasteiger partial charge in [0.2, 0.25) is 0 Å². The van der Waals surface area contributed by atoms with Crippen LogP contribution in [0.1, 0.15) is 28.0 Å². The highest BCUT2D eigenvalue weighted by Crippen LogP contribution is 2.21. The predicted octanol–water partition coefficient (Wildman–Crippen LogP) is 4.54. The number of aryl methyl sites for hydroxylation is 1. The largest absolute Gasteiger partial charge is 0.325 e. The summed E-state index contributed by atoms with van der Waals surface area (Å²) in [6.45, 7) is 11.6. The van der Waals surface area contributed by atoms with Crippen LogP contribution in [0.2, 0.25) is 0 Å². The summed E-state index contributed by atoms with van der Waals surface area (Å²) in [7, 11) is 0. The van der Waals surface area contributed by atoms with Gasteiger partial charge < -0.3 is 4.90 Å². The third-order valence-electron chi connectivity index (χ3n) is 2.53. The summed E-state index contributed by atoms with van der Waals surface area (Å²) in [4.78, 5) is 6.25. The minimum atomic E-state index is 0. The monoisotopic (exact) mass is 272 g/mol. The molecular formula is C16H24N4. The molecule has 108 valence electrons. The molecule has 1 aromatic carbocycles. The number of allylic oxidation sites excluding steroid dienone is 1. The van der Waals surface area contributed by atoms with Gasteiger partial charge in [0, 0.05) is 25.1 Å². The molecule has 0 aliphatic rings. The summed E-state index contributed by atoms with van der Waals surface area (Å²) in [5, 5.41) is 6.97. The average Bonchev–Trinajstić information content (AvgIpc) is 2.94. The lowest BCUT2D eigenvalue weighted by atomic mass is 10.2. The van der Waals surface area contributed by atoms with Gasteiger partial charge in [-0.1, -0.05) is 26.5 Å². The predicted molar refractivity (Wildman–Crippen MR) is 87.5 cm³/mol. The zero-order chi connectivity index (χ0) is 15.0. The lowest BCUT2D eigenvalue weighted by Crippen LogP contribution is -2.05. The van der Waals surface area contributed by atoms with Crippen molar-refractivity contribution in [3.05, 3.63) is 55.1 Å². The summed E-state index contributed by atoms with van der Waals surface area (Å²) in [5.74, 6) is 1.53. The second-order valence-corrected chi connectivity index (χ2v) is 3.86. The summed E-state index contributed by atoms with van der Waals surface area (Å²) in [6, 6.07) is 8.03. The van der Waals surface area contributed by atoms with Gasteiger partial charge in [0.1, 0.15) is 5.82 Å². The van der Waals surface area contributed by atoms with Crippen molar-refractivity contribution in [2.24, 2.45) is 0 Å². The Morgan fingerprint density at radius 2 is 1.90 bits per heavy atom. The van der Waals surface area contributed by atoms with E-state index in [1.165, 1.54) is 0 Å². The Kier molecular flexibility index (Phi) is 6.23. The van der Waals surface area contributed by atoms with Crippen molar-refractivity contribution in [2.45, 2.75) is 27.7 Å². The molecule has 2 aromatic rings. The Labute approximate surface area is 122 Å². The van der Waals surface area contributed by atoms with Crippen LogP contribution in [0.15, 0.2) is 49.3 Å². The molecule has 1 N–H and O–H groups in total. The molecule has 1 aromatic heterocycles. The molecule has 0 atom stereocenters. The molecule has 2 rings (SSSR count). The van der Waals surface area contributed by atoms with E-state index in [-0.39, 0.29) is 1.43 Å². The number of aromatic nitrogens is 3. The fourth-order valence-electron chi connectivity index (χ4n) is 1.67. The topological polar surface area (TPSA) is 44.8 Å². The highest BCUT2D eigenvalue weighted by Gasteiger charge is 2.04. The Bertz CT molecular complexity index is 558. The van der Waals surface area contributed by atoms with Gasteiger partial charge in [0.25, 0.3) is 0 Å². The Hall–Kier alpha value is -2.36. The first-order valence-corrected chi connectivity index (χ1v) is 6.77. The summed E-state index contributed by atoms with van der Waals surface area (Å²) in [5.41, 5.74) is 2.05. The van der Waals surface area contributed by atoms with Crippen molar-refractivity contribution in [2.75, 3.05) is 4.90 Å². The lowest BCUT2D eigenvalue weighted by Gasteiger charge is -2.14. The standard InChI is InChI=1S/C14H16N4.C2H6.H2/c1-4-10-18(5-2)13-8-6-12(7-9-13)14-15-11(3)16-17-14;1-2;/h4-10H,2H2,1,3H3,(H,15,16,17);1-2H3;1H/b10-4-;;. The molecule has 0 unspecified atom stereocenters. The molecule has 0 aliphatic carbocycles. The molecule has 0 fully saturated rings. The Morgan fingerprint density at radius 3 is 2.35 bits per heavy atom. The minimum Gasteiger partial charge on any atom is -0.325 e. The first-order valence-electron chi connectivity index (χ1n) is 6.77. The number of nitrogens with zero attached hydrogens (tertiary/aromatic N) is 3. The molecule has 4 heteroatoms. The van der Waals surface area contributed by atoms with Crippen LogP contribution in [-0.4, -0.2) is 15.2 Å². The second-order valence-electron chi connectivity index (χ2n) is 3.86. The Morgan fingerprint density at radius 1 is 1.25 bits per heavy atom. The Balaban J connectivity index is 0.00000128. The summed E-state index contributed by atoms with van der Waals surface area (Å²) in [6.07, 6.45) is 5.69. The molecule has 0 spiro atoms. The zero-order valence-corrected chi connectivity index (χ0v) is 12.6. The molecular weight excluding hydrogens is 248 g/mol. The van der Waals surface area contributed by atoms with E-state index < -0.39 is 0 Å². The molecule has 4 nitrogen and oxygen atoms in total. The second kappa shape index (κ2) is 7.94. The molecule has 0 saturated carbocycles. The number of nitrogens with one attached hydrogen (secondary N) is 1. The van der Waals surface area contributed by atoms with Crippen molar-refractivity contribution in [1.29, 1.82) is 0 Å².